The lowest BCUT2D eigenvalue weighted by Gasteiger charge is -2.37. The summed E-state index contributed by atoms with van der Waals surface area (Å²) in [6.07, 6.45) is 1.46. The number of rotatable bonds is 6. The molecule has 0 spiro atoms. The zero-order valence-electron chi connectivity index (χ0n) is 12.2. The van der Waals surface area contributed by atoms with Gasteiger partial charge in [-0.05, 0) is 12.3 Å². The first-order valence-corrected chi connectivity index (χ1v) is 8.60. The minimum Gasteiger partial charge on any atom is -0.394 e. The zero-order chi connectivity index (χ0) is 15.3. The van der Waals surface area contributed by atoms with Crippen molar-refractivity contribution in [2.45, 2.75) is 32.4 Å². The van der Waals surface area contributed by atoms with Gasteiger partial charge in [0.05, 0.1) is 32.1 Å². The van der Waals surface area contributed by atoms with Crippen molar-refractivity contribution in [2.75, 3.05) is 32.6 Å². The van der Waals surface area contributed by atoms with E-state index in [0.717, 1.165) is 6.26 Å². The van der Waals surface area contributed by atoms with Gasteiger partial charge in [0.1, 0.15) is 6.04 Å². The maximum absolute atomic E-state index is 12.5. The van der Waals surface area contributed by atoms with Gasteiger partial charge < -0.3 is 14.7 Å². The van der Waals surface area contributed by atoms with Gasteiger partial charge in [-0.2, -0.15) is 0 Å². The summed E-state index contributed by atoms with van der Waals surface area (Å²) in [5, 5.41) is 9.29. The van der Waals surface area contributed by atoms with Gasteiger partial charge in [0, 0.05) is 6.54 Å². The molecule has 1 fully saturated rings. The summed E-state index contributed by atoms with van der Waals surface area (Å²) < 4.78 is 30.4. The highest BCUT2D eigenvalue weighted by Gasteiger charge is 2.33. The molecule has 2 atom stereocenters. The molecule has 2 N–H and O–H groups in total. The second-order valence-corrected chi connectivity index (χ2v) is 7.30. The number of hydrogen-bond acceptors (Lipinski definition) is 5. The fraction of sp³-hybridized carbons (Fsp3) is 0.917. The van der Waals surface area contributed by atoms with Crippen LogP contribution in [0.3, 0.4) is 0 Å². The summed E-state index contributed by atoms with van der Waals surface area (Å²) in [4.78, 5) is 14.0. The third-order valence-corrected chi connectivity index (χ3v) is 3.80. The molecule has 0 saturated carbocycles. The van der Waals surface area contributed by atoms with Gasteiger partial charge in [-0.1, -0.05) is 13.8 Å². The van der Waals surface area contributed by atoms with Gasteiger partial charge in [0.15, 0.2) is 0 Å². The molecule has 118 valence electrons. The van der Waals surface area contributed by atoms with E-state index in [1.807, 2.05) is 13.8 Å². The molecule has 1 aliphatic rings. The quantitative estimate of drug-likeness (QED) is 0.668. The molecular formula is C12H24N2O5S. The van der Waals surface area contributed by atoms with Gasteiger partial charge in [-0.3, -0.25) is 4.79 Å². The fourth-order valence-electron chi connectivity index (χ4n) is 2.23. The Kier molecular flexibility index (Phi) is 6.38. The van der Waals surface area contributed by atoms with Crippen LogP contribution in [0.2, 0.25) is 0 Å². The summed E-state index contributed by atoms with van der Waals surface area (Å²) in [5.41, 5.74) is 0. The summed E-state index contributed by atoms with van der Waals surface area (Å²) in [7, 11) is -3.47. The van der Waals surface area contributed by atoms with Crippen LogP contribution >= 0.6 is 0 Å². The molecule has 1 amide bonds. The van der Waals surface area contributed by atoms with Gasteiger partial charge in [-0.15, -0.1) is 0 Å². The van der Waals surface area contributed by atoms with Crippen LogP contribution in [-0.4, -0.2) is 69.0 Å². The SMILES string of the molecule is CC(C)CC(NS(C)(=O)=O)C(=O)N1CCOCC1CO. The number of carbonyl (C=O) groups excluding carboxylic acids is 1. The highest BCUT2D eigenvalue weighted by molar-refractivity contribution is 7.88. The van der Waals surface area contributed by atoms with E-state index in [-0.39, 0.29) is 25.0 Å². The van der Waals surface area contributed by atoms with Gasteiger partial charge in [0.25, 0.3) is 0 Å². The second-order valence-electron chi connectivity index (χ2n) is 5.52. The lowest BCUT2D eigenvalue weighted by Crippen LogP contribution is -2.57. The van der Waals surface area contributed by atoms with Gasteiger partial charge in [-0.25, -0.2) is 13.1 Å². The predicted molar refractivity (Wildman–Crippen MR) is 74.6 cm³/mol. The molecule has 1 saturated heterocycles. The first kappa shape index (κ1) is 17.4. The Morgan fingerprint density at radius 3 is 2.65 bits per heavy atom. The van der Waals surface area contributed by atoms with Crippen molar-refractivity contribution in [3.05, 3.63) is 0 Å². The topological polar surface area (TPSA) is 95.9 Å². The minimum atomic E-state index is -3.47. The van der Waals surface area contributed by atoms with Crippen molar-refractivity contribution in [1.29, 1.82) is 0 Å². The molecule has 0 aliphatic carbocycles. The number of nitrogens with one attached hydrogen (secondary N) is 1. The number of nitrogens with zero attached hydrogens (tertiary/aromatic N) is 1. The van der Waals surface area contributed by atoms with Crippen molar-refractivity contribution >= 4 is 15.9 Å². The maximum atomic E-state index is 12.5. The van der Waals surface area contributed by atoms with Crippen LogP contribution in [0.5, 0.6) is 0 Å². The summed E-state index contributed by atoms with van der Waals surface area (Å²) in [5.74, 6) is -0.127. The Morgan fingerprint density at radius 1 is 1.50 bits per heavy atom. The molecule has 0 aromatic heterocycles. The first-order chi connectivity index (χ1) is 9.24. The van der Waals surface area contributed by atoms with Crippen molar-refractivity contribution in [3.63, 3.8) is 0 Å². The summed E-state index contributed by atoms with van der Waals surface area (Å²) in [6, 6.07) is -1.20. The lowest BCUT2D eigenvalue weighted by molar-refractivity contribution is -0.143. The van der Waals surface area contributed by atoms with Gasteiger partial charge >= 0.3 is 0 Å². The van der Waals surface area contributed by atoms with E-state index in [2.05, 4.69) is 4.72 Å². The highest BCUT2D eigenvalue weighted by atomic mass is 32.2. The Morgan fingerprint density at radius 2 is 2.15 bits per heavy atom. The molecule has 7 nitrogen and oxygen atoms in total. The third kappa shape index (κ3) is 5.35. The van der Waals surface area contributed by atoms with E-state index in [9.17, 15) is 18.3 Å². The Bertz CT molecular complexity index is 424. The third-order valence-electron chi connectivity index (χ3n) is 3.08. The lowest BCUT2D eigenvalue weighted by atomic mass is 10.0. The molecule has 1 rings (SSSR count). The Balaban J connectivity index is 2.85. The standard InChI is InChI=1S/C12H24N2O5S/c1-9(2)6-11(13-20(3,17)18)12(16)14-4-5-19-8-10(14)7-15/h9-11,13,15H,4-8H2,1-3H3. The number of aliphatic hydroxyl groups is 1. The molecular weight excluding hydrogens is 284 g/mol. The predicted octanol–water partition coefficient (Wildman–Crippen LogP) is -0.830. The molecule has 0 bridgehead atoms. The highest BCUT2D eigenvalue weighted by Crippen LogP contribution is 2.13. The Labute approximate surface area is 120 Å². The van der Waals surface area contributed by atoms with Gasteiger partial charge in [0.2, 0.25) is 15.9 Å². The van der Waals surface area contributed by atoms with E-state index in [0.29, 0.717) is 19.6 Å². The number of carbonyl (C=O) groups is 1. The summed E-state index contributed by atoms with van der Waals surface area (Å²) in [6.45, 7) is 4.69. The molecule has 0 radical (unpaired) electrons. The number of hydrogen-bond donors (Lipinski definition) is 2. The molecule has 8 heteroatoms. The molecule has 20 heavy (non-hydrogen) atoms. The van der Waals surface area contributed by atoms with Crippen molar-refractivity contribution in [1.82, 2.24) is 9.62 Å². The number of morpholine rings is 1. The van der Waals surface area contributed by atoms with E-state index in [1.165, 1.54) is 4.90 Å². The summed E-state index contributed by atoms with van der Waals surface area (Å²) >= 11 is 0. The van der Waals surface area contributed by atoms with Crippen LogP contribution in [-0.2, 0) is 19.6 Å². The number of amides is 1. The number of aliphatic hydroxyl groups excluding tert-OH is 1. The van der Waals surface area contributed by atoms with E-state index >= 15 is 0 Å². The van der Waals surface area contributed by atoms with E-state index < -0.39 is 22.1 Å². The van der Waals surface area contributed by atoms with Crippen LogP contribution in [0.4, 0.5) is 0 Å². The average molecular weight is 308 g/mol. The first-order valence-electron chi connectivity index (χ1n) is 6.71. The largest absolute Gasteiger partial charge is 0.394 e. The normalized spacial score (nSPS) is 22.1. The fourth-order valence-corrected chi connectivity index (χ4v) is 2.94. The smallest absolute Gasteiger partial charge is 0.241 e. The number of sulfonamides is 1. The zero-order valence-corrected chi connectivity index (χ0v) is 13.0. The van der Waals surface area contributed by atoms with Crippen molar-refractivity contribution < 1.29 is 23.1 Å². The molecule has 2 unspecified atom stereocenters. The number of ether oxygens (including phenoxy) is 1. The van der Waals surface area contributed by atoms with Crippen LogP contribution in [0.15, 0.2) is 0 Å². The molecule has 0 aromatic carbocycles. The van der Waals surface area contributed by atoms with E-state index in [4.69, 9.17) is 4.74 Å². The second kappa shape index (κ2) is 7.35. The molecule has 1 aliphatic heterocycles. The van der Waals surface area contributed by atoms with Crippen molar-refractivity contribution in [3.8, 4) is 0 Å². The monoisotopic (exact) mass is 308 g/mol. The van der Waals surface area contributed by atoms with Crippen LogP contribution in [0.25, 0.3) is 0 Å². The van der Waals surface area contributed by atoms with Crippen molar-refractivity contribution in [2.24, 2.45) is 5.92 Å². The van der Waals surface area contributed by atoms with Crippen LogP contribution < -0.4 is 4.72 Å². The van der Waals surface area contributed by atoms with Crippen LogP contribution in [0.1, 0.15) is 20.3 Å². The van der Waals surface area contributed by atoms with E-state index in [1.54, 1.807) is 0 Å². The van der Waals surface area contributed by atoms with Crippen LogP contribution in [0, 0.1) is 5.92 Å². The molecule has 0 aromatic rings. The maximum Gasteiger partial charge on any atom is 0.241 e. The minimum absolute atomic E-state index is 0.173. The average Bonchev–Trinajstić information content (AvgIpc) is 2.35. The molecule has 1 heterocycles. The Hall–Kier alpha value is -0.700.